The van der Waals surface area contributed by atoms with Crippen molar-refractivity contribution < 1.29 is 13.2 Å². The lowest BCUT2D eigenvalue weighted by Gasteiger charge is -2.14. The van der Waals surface area contributed by atoms with Crippen LogP contribution in [-0.4, -0.2) is 33.2 Å². The zero-order valence-electron chi connectivity index (χ0n) is 12.0. The number of halogens is 2. The van der Waals surface area contributed by atoms with E-state index in [4.69, 9.17) is 17.3 Å². The van der Waals surface area contributed by atoms with E-state index in [1.165, 1.54) is 18.2 Å². The standard InChI is InChI=1S/C13H18ClN3O3S.ClH/c1-21(19,20)17-12-5-4-9(14)6-10(12)13(18)16-7-11(15)8-2-3-8;/h4-6,8,11,17H,2-3,7,15H2,1H3,(H,16,18);1H. The molecule has 1 fully saturated rings. The van der Waals surface area contributed by atoms with Crippen LogP contribution in [0.2, 0.25) is 5.02 Å². The summed E-state index contributed by atoms with van der Waals surface area (Å²) in [5.74, 6) is 0.0676. The molecule has 6 nitrogen and oxygen atoms in total. The van der Waals surface area contributed by atoms with Crippen LogP contribution in [0.4, 0.5) is 5.69 Å². The van der Waals surface area contributed by atoms with E-state index < -0.39 is 15.9 Å². The van der Waals surface area contributed by atoms with E-state index in [9.17, 15) is 13.2 Å². The monoisotopic (exact) mass is 367 g/mol. The van der Waals surface area contributed by atoms with Gasteiger partial charge in [-0.05, 0) is 37.0 Å². The smallest absolute Gasteiger partial charge is 0.253 e. The molecule has 124 valence electrons. The van der Waals surface area contributed by atoms with Gasteiger partial charge in [0.15, 0.2) is 0 Å². The highest BCUT2D eigenvalue weighted by molar-refractivity contribution is 7.92. The van der Waals surface area contributed by atoms with Gasteiger partial charge in [-0.3, -0.25) is 9.52 Å². The van der Waals surface area contributed by atoms with Crippen LogP contribution in [0.1, 0.15) is 23.2 Å². The van der Waals surface area contributed by atoms with Gasteiger partial charge in [-0.2, -0.15) is 0 Å². The molecule has 0 radical (unpaired) electrons. The molecule has 4 N–H and O–H groups in total. The Morgan fingerprint density at radius 2 is 2.09 bits per heavy atom. The third kappa shape index (κ3) is 5.64. The van der Waals surface area contributed by atoms with E-state index in [-0.39, 0.29) is 29.7 Å². The summed E-state index contributed by atoms with van der Waals surface area (Å²) < 4.78 is 25.0. The summed E-state index contributed by atoms with van der Waals surface area (Å²) in [4.78, 5) is 12.2. The average Bonchev–Trinajstić information content (AvgIpc) is 3.20. The normalized spacial score (nSPS) is 15.6. The maximum absolute atomic E-state index is 12.2. The van der Waals surface area contributed by atoms with Crippen LogP contribution in [0.5, 0.6) is 0 Å². The summed E-state index contributed by atoms with van der Waals surface area (Å²) in [6.45, 7) is 0.355. The quantitative estimate of drug-likeness (QED) is 0.710. The molecule has 0 spiro atoms. The Morgan fingerprint density at radius 3 is 2.64 bits per heavy atom. The Morgan fingerprint density at radius 1 is 1.45 bits per heavy atom. The molecule has 1 unspecified atom stereocenters. The number of nitrogens with two attached hydrogens (primary N) is 1. The van der Waals surface area contributed by atoms with E-state index in [2.05, 4.69) is 10.0 Å². The molecule has 0 aromatic heterocycles. The first-order chi connectivity index (χ1) is 9.76. The predicted molar refractivity (Wildman–Crippen MR) is 90.2 cm³/mol. The number of rotatable bonds is 6. The topological polar surface area (TPSA) is 101 Å². The molecule has 1 aliphatic carbocycles. The molecule has 0 heterocycles. The van der Waals surface area contributed by atoms with Crippen LogP contribution >= 0.6 is 24.0 Å². The number of anilines is 1. The number of hydrogen-bond acceptors (Lipinski definition) is 4. The van der Waals surface area contributed by atoms with Gasteiger partial charge in [0.25, 0.3) is 5.91 Å². The fourth-order valence-corrected chi connectivity index (χ4v) is 2.74. The Labute approximate surface area is 141 Å². The lowest BCUT2D eigenvalue weighted by molar-refractivity contribution is 0.0951. The highest BCUT2D eigenvalue weighted by Gasteiger charge is 2.28. The molecule has 2 rings (SSSR count). The van der Waals surface area contributed by atoms with Gasteiger partial charge in [0.1, 0.15) is 0 Å². The Kier molecular flexibility index (Phi) is 6.49. The summed E-state index contributed by atoms with van der Waals surface area (Å²) >= 11 is 5.87. The Balaban J connectivity index is 0.00000242. The van der Waals surface area contributed by atoms with Gasteiger partial charge in [0.2, 0.25) is 10.0 Å². The highest BCUT2D eigenvalue weighted by atomic mass is 35.5. The number of benzene rings is 1. The average molecular weight is 368 g/mol. The van der Waals surface area contributed by atoms with Crippen molar-refractivity contribution in [2.45, 2.75) is 18.9 Å². The summed E-state index contributed by atoms with van der Waals surface area (Å²) in [6.07, 6.45) is 3.20. The van der Waals surface area contributed by atoms with Crippen LogP contribution in [0.3, 0.4) is 0 Å². The summed E-state index contributed by atoms with van der Waals surface area (Å²) in [7, 11) is -3.48. The van der Waals surface area contributed by atoms with Gasteiger partial charge >= 0.3 is 0 Å². The minimum Gasteiger partial charge on any atom is -0.350 e. The molecular weight excluding hydrogens is 349 g/mol. The van der Waals surface area contributed by atoms with Gasteiger partial charge in [-0.15, -0.1) is 12.4 Å². The summed E-state index contributed by atoms with van der Waals surface area (Å²) in [6, 6.07) is 4.33. The second-order valence-corrected chi connectivity index (χ2v) is 7.46. The van der Waals surface area contributed by atoms with Gasteiger partial charge in [0, 0.05) is 17.6 Å². The van der Waals surface area contributed by atoms with Crippen LogP contribution in [0.15, 0.2) is 18.2 Å². The summed E-state index contributed by atoms with van der Waals surface area (Å²) in [5.41, 5.74) is 6.29. The van der Waals surface area contributed by atoms with Crippen molar-refractivity contribution in [1.29, 1.82) is 0 Å². The molecule has 0 aliphatic heterocycles. The second-order valence-electron chi connectivity index (χ2n) is 5.28. The van der Waals surface area contributed by atoms with Crippen LogP contribution in [0.25, 0.3) is 0 Å². The number of carbonyl (C=O) groups is 1. The molecule has 1 amide bonds. The van der Waals surface area contributed by atoms with E-state index in [0.717, 1.165) is 19.1 Å². The third-order valence-electron chi connectivity index (χ3n) is 3.25. The SMILES string of the molecule is CS(=O)(=O)Nc1ccc(Cl)cc1C(=O)NCC(N)C1CC1.Cl. The van der Waals surface area contributed by atoms with Crippen molar-refractivity contribution in [3.05, 3.63) is 28.8 Å². The number of nitrogens with one attached hydrogen (secondary N) is 2. The van der Waals surface area contributed by atoms with Crippen LogP contribution in [0, 0.1) is 5.92 Å². The van der Waals surface area contributed by atoms with Crippen molar-refractivity contribution in [1.82, 2.24) is 5.32 Å². The number of sulfonamides is 1. The zero-order valence-corrected chi connectivity index (χ0v) is 14.4. The predicted octanol–water partition coefficient (Wildman–Crippen LogP) is 1.60. The maximum Gasteiger partial charge on any atom is 0.253 e. The van der Waals surface area contributed by atoms with Crippen molar-refractivity contribution in [3.63, 3.8) is 0 Å². The molecule has 0 bridgehead atoms. The molecule has 1 aliphatic rings. The van der Waals surface area contributed by atoms with E-state index >= 15 is 0 Å². The first kappa shape index (κ1) is 19.0. The molecule has 22 heavy (non-hydrogen) atoms. The Bertz CT molecular complexity index is 648. The lowest BCUT2D eigenvalue weighted by Crippen LogP contribution is -2.38. The van der Waals surface area contributed by atoms with Crippen molar-refractivity contribution in [2.75, 3.05) is 17.5 Å². The van der Waals surface area contributed by atoms with Gasteiger partial charge < -0.3 is 11.1 Å². The zero-order chi connectivity index (χ0) is 15.6. The fraction of sp³-hybridized carbons (Fsp3) is 0.462. The van der Waals surface area contributed by atoms with Crippen molar-refractivity contribution in [2.24, 2.45) is 11.7 Å². The van der Waals surface area contributed by atoms with Gasteiger partial charge in [-0.25, -0.2) is 8.42 Å². The third-order valence-corrected chi connectivity index (χ3v) is 4.07. The second kappa shape index (κ2) is 7.50. The van der Waals surface area contributed by atoms with Crippen LogP contribution in [-0.2, 0) is 10.0 Å². The fourth-order valence-electron chi connectivity index (χ4n) is 1.99. The van der Waals surface area contributed by atoms with Crippen molar-refractivity contribution >= 4 is 45.6 Å². The first-order valence-electron chi connectivity index (χ1n) is 6.57. The number of carbonyl (C=O) groups excluding carboxylic acids is 1. The van der Waals surface area contributed by atoms with E-state index in [1.807, 2.05) is 0 Å². The van der Waals surface area contributed by atoms with Crippen molar-refractivity contribution in [3.8, 4) is 0 Å². The lowest BCUT2D eigenvalue weighted by atomic mass is 10.1. The van der Waals surface area contributed by atoms with Gasteiger partial charge in [-0.1, -0.05) is 11.6 Å². The largest absolute Gasteiger partial charge is 0.350 e. The van der Waals surface area contributed by atoms with E-state index in [1.54, 1.807) is 0 Å². The minimum absolute atomic E-state index is 0. The summed E-state index contributed by atoms with van der Waals surface area (Å²) in [5, 5.41) is 3.07. The molecule has 0 saturated heterocycles. The molecular formula is C13H19Cl2N3O3S. The molecule has 9 heteroatoms. The molecule has 1 aromatic carbocycles. The Hall–Kier alpha value is -1.02. The molecule has 1 aromatic rings. The molecule has 1 saturated carbocycles. The highest BCUT2D eigenvalue weighted by Crippen LogP contribution is 2.31. The maximum atomic E-state index is 12.2. The van der Waals surface area contributed by atoms with Crippen LogP contribution < -0.4 is 15.8 Å². The number of hydrogen-bond donors (Lipinski definition) is 3. The first-order valence-corrected chi connectivity index (χ1v) is 8.84. The van der Waals surface area contributed by atoms with E-state index in [0.29, 0.717) is 17.5 Å². The molecule has 1 atom stereocenters. The minimum atomic E-state index is -3.48. The number of amides is 1. The van der Waals surface area contributed by atoms with Gasteiger partial charge in [0.05, 0.1) is 17.5 Å².